The standard InChI is InChI=1S/C27H50N2O10S2/c1-4-5-6-7-8-9-10-11-12-13-14-15-16-17-25(31)38-18-19-40-21-24(28-22(2)30)26(32)29-23(27(33)37-3)20-39-41(34,35)36/h23-24H,4-21H2,1-3H3,(H,28,30)(H,29,32)(H,34,35,36)/t23-,24+/m0/s1. The van der Waals surface area contributed by atoms with E-state index < -0.39 is 46.9 Å². The Morgan fingerprint density at radius 2 is 1.37 bits per heavy atom. The fraction of sp³-hybridized carbons (Fsp3) is 0.852. The van der Waals surface area contributed by atoms with E-state index in [4.69, 9.17) is 9.29 Å². The molecule has 0 radical (unpaired) electrons. The third-order valence-electron chi connectivity index (χ3n) is 6.14. The van der Waals surface area contributed by atoms with Crippen LogP contribution in [0.1, 0.15) is 104 Å². The lowest BCUT2D eigenvalue weighted by molar-refractivity contribution is -0.146. The molecule has 0 spiro atoms. The van der Waals surface area contributed by atoms with Crippen molar-refractivity contribution in [2.75, 3.05) is 31.8 Å². The quantitative estimate of drug-likeness (QED) is 0.0725. The Kier molecular flexibility index (Phi) is 23.5. The van der Waals surface area contributed by atoms with Crippen molar-refractivity contribution in [3.8, 4) is 0 Å². The van der Waals surface area contributed by atoms with Gasteiger partial charge < -0.3 is 20.1 Å². The zero-order valence-electron chi connectivity index (χ0n) is 24.8. The SMILES string of the molecule is CCCCCCCCCCCCCCCC(=O)OCCSC[C@@H](NC(C)=O)C(=O)N[C@@H](COS(=O)(=O)O)C(=O)OC. The normalized spacial score (nSPS) is 12.8. The van der Waals surface area contributed by atoms with Gasteiger partial charge in [-0.05, 0) is 6.42 Å². The summed E-state index contributed by atoms with van der Waals surface area (Å²) < 4.78 is 44.2. The number of thioether (sulfide) groups is 1. The van der Waals surface area contributed by atoms with Crippen molar-refractivity contribution in [3.63, 3.8) is 0 Å². The third kappa shape index (κ3) is 24.4. The van der Waals surface area contributed by atoms with Gasteiger partial charge in [-0.3, -0.25) is 18.9 Å². The summed E-state index contributed by atoms with van der Waals surface area (Å²) in [5.41, 5.74) is 0. The van der Waals surface area contributed by atoms with Crippen molar-refractivity contribution in [3.05, 3.63) is 0 Å². The van der Waals surface area contributed by atoms with E-state index >= 15 is 0 Å². The number of carbonyl (C=O) groups excluding carboxylic acids is 4. The van der Waals surface area contributed by atoms with Gasteiger partial charge in [0.15, 0.2) is 6.04 Å². The van der Waals surface area contributed by atoms with Crippen molar-refractivity contribution < 1.29 is 45.8 Å². The van der Waals surface area contributed by atoms with Crippen molar-refractivity contribution in [2.24, 2.45) is 0 Å². The molecular formula is C27H50N2O10S2. The molecular weight excluding hydrogens is 576 g/mol. The molecule has 0 bridgehead atoms. The molecule has 14 heteroatoms. The zero-order valence-corrected chi connectivity index (χ0v) is 26.5. The van der Waals surface area contributed by atoms with Crippen LogP contribution in [0.25, 0.3) is 0 Å². The largest absolute Gasteiger partial charge is 0.467 e. The van der Waals surface area contributed by atoms with Crippen LogP contribution in [0.3, 0.4) is 0 Å². The fourth-order valence-electron chi connectivity index (χ4n) is 3.94. The number of hydrogen-bond acceptors (Lipinski definition) is 10. The van der Waals surface area contributed by atoms with Gasteiger partial charge in [-0.25, -0.2) is 8.98 Å². The molecule has 3 N–H and O–H groups in total. The number of rotatable bonds is 26. The highest BCUT2D eigenvalue weighted by Gasteiger charge is 2.28. The number of carbonyl (C=O) groups is 4. The first-order valence-electron chi connectivity index (χ1n) is 14.5. The van der Waals surface area contributed by atoms with Crippen LogP contribution in [0.2, 0.25) is 0 Å². The van der Waals surface area contributed by atoms with Crippen molar-refractivity contribution >= 4 is 45.9 Å². The molecule has 0 saturated heterocycles. The Bertz CT molecular complexity index is 855. The molecule has 240 valence electrons. The molecule has 0 aromatic carbocycles. The summed E-state index contributed by atoms with van der Waals surface area (Å²) >= 11 is 1.24. The Balaban J connectivity index is 4.12. The topological polar surface area (TPSA) is 174 Å². The van der Waals surface area contributed by atoms with Crippen molar-refractivity contribution in [1.82, 2.24) is 10.6 Å². The number of methoxy groups -OCH3 is 1. The molecule has 0 aliphatic rings. The Labute approximate surface area is 249 Å². The minimum absolute atomic E-state index is 0.0921. The van der Waals surface area contributed by atoms with Crippen LogP contribution in [0.5, 0.6) is 0 Å². The maximum atomic E-state index is 12.6. The minimum Gasteiger partial charge on any atom is -0.467 e. The number of amides is 2. The predicted octanol–water partition coefficient (Wildman–Crippen LogP) is 3.73. The molecule has 0 aromatic heterocycles. The second-order valence-electron chi connectivity index (χ2n) is 9.84. The molecule has 0 heterocycles. The summed E-state index contributed by atoms with van der Waals surface area (Å²) in [5.74, 6) is -2.11. The minimum atomic E-state index is -4.86. The summed E-state index contributed by atoms with van der Waals surface area (Å²) in [6, 6.07) is -2.61. The summed E-state index contributed by atoms with van der Waals surface area (Å²) in [5, 5.41) is 4.68. The lowest BCUT2D eigenvalue weighted by Crippen LogP contribution is -2.54. The number of ether oxygens (including phenoxy) is 2. The second-order valence-corrected chi connectivity index (χ2v) is 12.1. The third-order valence-corrected chi connectivity index (χ3v) is 7.60. The van der Waals surface area contributed by atoms with Crippen LogP contribution >= 0.6 is 11.8 Å². The van der Waals surface area contributed by atoms with Crippen LogP contribution < -0.4 is 10.6 Å². The number of unbranched alkanes of at least 4 members (excludes halogenated alkanes) is 12. The average molecular weight is 627 g/mol. The smallest absolute Gasteiger partial charge is 0.397 e. The molecule has 0 aliphatic heterocycles. The van der Waals surface area contributed by atoms with Crippen molar-refractivity contribution in [2.45, 2.75) is 116 Å². The van der Waals surface area contributed by atoms with E-state index in [2.05, 4.69) is 26.5 Å². The number of nitrogens with one attached hydrogen (secondary N) is 2. The van der Waals surface area contributed by atoms with Crippen LogP contribution in [-0.4, -0.2) is 80.6 Å². The van der Waals surface area contributed by atoms with E-state index in [1.54, 1.807) is 0 Å². The molecule has 0 unspecified atom stereocenters. The van der Waals surface area contributed by atoms with Crippen LogP contribution in [0.15, 0.2) is 0 Å². The Morgan fingerprint density at radius 3 is 1.85 bits per heavy atom. The van der Waals surface area contributed by atoms with Gasteiger partial charge in [-0.2, -0.15) is 20.2 Å². The highest BCUT2D eigenvalue weighted by Crippen LogP contribution is 2.13. The monoisotopic (exact) mass is 626 g/mol. The first-order chi connectivity index (χ1) is 19.5. The summed E-state index contributed by atoms with van der Waals surface area (Å²) in [4.78, 5) is 48.0. The molecule has 2 atom stereocenters. The van der Waals surface area contributed by atoms with E-state index in [-0.39, 0.29) is 18.3 Å². The van der Waals surface area contributed by atoms with E-state index in [1.165, 1.54) is 82.9 Å². The molecule has 0 saturated carbocycles. The highest BCUT2D eigenvalue weighted by molar-refractivity contribution is 7.99. The molecule has 12 nitrogen and oxygen atoms in total. The molecule has 0 aromatic rings. The van der Waals surface area contributed by atoms with E-state index in [0.717, 1.165) is 26.4 Å². The van der Waals surface area contributed by atoms with Gasteiger partial charge in [-0.15, -0.1) is 0 Å². The van der Waals surface area contributed by atoms with Gasteiger partial charge >= 0.3 is 22.3 Å². The summed E-state index contributed by atoms with van der Waals surface area (Å²) in [6.45, 7) is 2.69. The van der Waals surface area contributed by atoms with Gasteiger partial charge in [0.2, 0.25) is 11.8 Å². The molecule has 0 aliphatic carbocycles. The average Bonchev–Trinajstić information content (AvgIpc) is 2.91. The summed E-state index contributed by atoms with van der Waals surface area (Å²) in [7, 11) is -3.83. The van der Waals surface area contributed by atoms with Crippen LogP contribution in [0.4, 0.5) is 0 Å². The highest BCUT2D eigenvalue weighted by atomic mass is 32.3. The lowest BCUT2D eigenvalue weighted by atomic mass is 10.0. The Morgan fingerprint density at radius 1 is 0.829 bits per heavy atom. The van der Waals surface area contributed by atoms with E-state index in [1.807, 2.05) is 0 Å². The first kappa shape index (κ1) is 39.1. The molecule has 0 rings (SSSR count). The number of esters is 2. The second kappa shape index (κ2) is 24.7. The van der Waals surface area contributed by atoms with E-state index in [9.17, 15) is 27.6 Å². The first-order valence-corrected chi connectivity index (χ1v) is 17.0. The molecule has 2 amide bonds. The fourth-order valence-corrected chi connectivity index (χ4v) is 5.09. The number of hydrogen-bond donors (Lipinski definition) is 3. The maximum absolute atomic E-state index is 12.6. The van der Waals surface area contributed by atoms with Gasteiger partial charge in [0.25, 0.3) is 0 Å². The predicted molar refractivity (Wildman–Crippen MR) is 158 cm³/mol. The van der Waals surface area contributed by atoms with E-state index in [0.29, 0.717) is 12.2 Å². The molecule has 0 fully saturated rings. The zero-order chi connectivity index (χ0) is 30.9. The lowest BCUT2D eigenvalue weighted by Gasteiger charge is -2.21. The molecule has 41 heavy (non-hydrogen) atoms. The van der Waals surface area contributed by atoms with Crippen LogP contribution in [-0.2, 0) is 43.2 Å². The van der Waals surface area contributed by atoms with Crippen LogP contribution in [0, 0.1) is 0 Å². The maximum Gasteiger partial charge on any atom is 0.397 e. The van der Waals surface area contributed by atoms with Gasteiger partial charge in [0.05, 0.1) is 13.7 Å². The summed E-state index contributed by atoms with van der Waals surface area (Å²) in [6.07, 6.45) is 16.3. The van der Waals surface area contributed by atoms with Gasteiger partial charge in [0, 0.05) is 24.9 Å². The Hall–Kier alpha value is -1.90. The van der Waals surface area contributed by atoms with Gasteiger partial charge in [0.1, 0.15) is 12.6 Å². The van der Waals surface area contributed by atoms with Crippen molar-refractivity contribution in [1.29, 1.82) is 0 Å². The van der Waals surface area contributed by atoms with Gasteiger partial charge in [-0.1, -0.05) is 84.0 Å².